The highest BCUT2D eigenvalue weighted by molar-refractivity contribution is 5.25. The monoisotopic (exact) mass is 244 g/mol. The van der Waals surface area contributed by atoms with Crippen LogP contribution in [0.15, 0.2) is 39.6 Å². The van der Waals surface area contributed by atoms with Gasteiger partial charge in [-0.15, -0.1) is 0 Å². The number of nitrogens with one attached hydrogen (secondary N) is 1. The Hall–Kier alpha value is -1.81. The van der Waals surface area contributed by atoms with Crippen molar-refractivity contribution in [3.8, 4) is 0 Å². The van der Waals surface area contributed by atoms with Gasteiger partial charge in [0.05, 0.1) is 17.3 Å². The van der Waals surface area contributed by atoms with Gasteiger partial charge in [-0.3, -0.25) is 4.90 Å². The van der Waals surface area contributed by atoms with Gasteiger partial charge in [0.2, 0.25) is 0 Å². The Morgan fingerprint density at radius 1 is 1.39 bits per heavy atom. The number of rotatable bonds is 3. The van der Waals surface area contributed by atoms with E-state index in [2.05, 4.69) is 29.1 Å². The first-order valence-corrected chi connectivity index (χ1v) is 6.27. The van der Waals surface area contributed by atoms with Crippen molar-refractivity contribution in [2.24, 2.45) is 0 Å². The van der Waals surface area contributed by atoms with Crippen molar-refractivity contribution in [2.45, 2.75) is 32.5 Å². The third kappa shape index (κ3) is 1.78. The molecule has 0 saturated heterocycles. The largest absolute Gasteiger partial charge is 0.362 e. The van der Waals surface area contributed by atoms with E-state index >= 15 is 0 Å². The Morgan fingerprint density at radius 2 is 2.17 bits per heavy atom. The van der Waals surface area contributed by atoms with Crippen LogP contribution >= 0.6 is 0 Å². The molecule has 94 valence electrons. The van der Waals surface area contributed by atoms with E-state index in [4.69, 9.17) is 4.52 Å². The topological polar surface area (TPSA) is 49.2 Å². The van der Waals surface area contributed by atoms with Gasteiger partial charge in [-0.25, -0.2) is 9.95 Å². The molecule has 1 N–H and O–H groups in total. The first-order chi connectivity index (χ1) is 8.79. The summed E-state index contributed by atoms with van der Waals surface area (Å²) >= 11 is 0. The molecule has 2 heterocycles. The van der Waals surface area contributed by atoms with E-state index in [-0.39, 0.29) is 11.7 Å². The SMILES string of the molecule is CCC1c2[nH]oc(=O)c2CN1Cc1ccccc1. The summed E-state index contributed by atoms with van der Waals surface area (Å²) in [6.07, 6.45) is 0.968. The van der Waals surface area contributed by atoms with E-state index in [1.165, 1.54) is 5.56 Å². The summed E-state index contributed by atoms with van der Waals surface area (Å²) in [6, 6.07) is 10.6. The molecule has 1 unspecified atom stereocenters. The molecule has 2 aromatic rings. The number of fused-ring (bicyclic) bond motifs is 1. The van der Waals surface area contributed by atoms with E-state index in [0.29, 0.717) is 6.54 Å². The molecule has 0 saturated carbocycles. The first-order valence-electron chi connectivity index (χ1n) is 6.27. The zero-order valence-electron chi connectivity index (χ0n) is 10.3. The van der Waals surface area contributed by atoms with Crippen molar-refractivity contribution >= 4 is 0 Å². The van der Waals surface area contributed by atoms with Crippen molar-refractivity contribution in [2.75, 3.05) is 0 Å². The second-order valence-corrected chi connectivity index (χ2v) is 4.70. The molecule has 1 aliphatic heterocycles. The summed E-state index contributed by atoms with van der Waals surface area (Å²) in [5, 5.41) is 2.77. The molecule has 0 fully saturated rings. The predicted octanol–water partition coefficient (Wildman–Crippen LogP) is 2.43. The summed E-state index contributed by atoms with van der Waals surface area (Å²) in [4.78, 5) is 13.9. The molecule has 0 radical (unpaired) electrons. The van der Waals surface area contributed by atoms with Crippen LogP contribution in [0.3, 0.4) is 0 Å². The van der Waals surface area contributed by atoms with Crippen LogP contribution in [0.2, 0.25) is 0 Å². The molecule has 1 atom stereocenters. The van der Waals surface area contributed by atoms with Gasteiger partial charge in [-0.1, -0.05) is 37.3 Å². The summed E-state index contributed by atoms with van der Waals surface area (Å²) in [6.45, 7) is 3.67. The third-order valence-electron chi connectivity index (χ3n) is 3.58. The van der Waals surface area contributed by atoms with Crippen LogP contribution in [0, 0.1) is 0 Å². The molecule has 3 rings (SSSR count). The van der Waals surface area contributed by atoms with Gasteiger partial charge in [0, 0.05) is 13.1 Å². The van der Waals surface area contributed by atoms with Gasteiger partial charge >= 0.3 is 5.63 Å². The third-order valence-corrected chi connectivity index (χ3v) is 3.58. The van der Waals surface area contributed by atoms with Gasteiger partial charge < -0.3 is 4.52 Å². The lowest BCUT2D eigenvalue weighted by molar-refractivity contribution is 0.186. The summed E-state index contributed by atoms with van der Waals surface area (Å²) in [7, 11) is 0. The van der Waals surface area contributed by atoms with Crippen molar-refractivity contribution in [1.82, 2.24) is 10.1 Å². The Morgan fingerprint density at radius 3 is 2.89 bits per heavy atom. The number of aromatic nitrogens is 1. The fraction of sp³-hybridized carbons (Fsp3) is 0.357. The van der Waals surface area contributed by atoms with Gasteiger partial charge in [-0.05, 0) is 12.0 Å². The molecule has 1 aromatic carbocycles. The van der Waals surface area contributed by atoms with Gasteiger partial charge in [0.1, 0.15) is 0 Å². The van der Waals surface area contributed by atoms with E-state index in [9.17, 15) is 4.79 Å². The van der Waals surface area contributed by atoms with E-state index < -0.39 is 0 Å². The van der Waals surface area contributed by atoms with Crippen LogP contribution in [-0.4, -0.2) is 10.1 Å². The highest BCUT2D eigenvalue weighted by Gasteiger charge is 2.33. The molecular formula is C14H16N2O2. The summed E-state index contributed by atoms with van der Waals surface area (Å²) < 4.78 is 4.86. The highest BCUT2D eigenvalue weighted by atomic mass is 16.5. The lowest BCUT2D eigenvalue weighted by Crippen LogP contribution is -2.22. The summed E-state index contributed by atoms with van der Waals surface area (Å²) in [5.41, 5.74) is 2.79. The van der Waals surface area contributed by atoms with Gasteiger partial charge in [0.15, 0.2) is 0 Å². The quantitative estimate of drug-likeness (QED) is 0.902. The molecule has 0 spiro atoms. The molecule has 1 aliphatic rings. The maximum atomic E-state index is 11.5. The van der Waals surface area contributed by atoms with Gasteiger partial charge in [0.25, 0.3) is 0 Å². The minimum Gasteiger partial charge on any atom is -0.338 e. The molecular weight excluding hydrogens is 228 g/mol. The van der Waals surface area contributed by atoms with Crippen LogP contribution in [0.4, 0.5) is 0 Å². The number of benzene rings is 1. The van der Waals surface area contributed by atoms with E-state index in [1.54, 1.807) is 0 Å². The number of aromatic amines is 1. The van der Waals surface area contributed by atoms with Crippen molar-refractivity contribution in [1.29, 1.82) is 0 Å². The highest BCUT2D eigenvalue weighted by Crippen LogP contribution is 2.33. The van der Waals surface area contributed by atoms with Crippen molar-refractivity contribution < 1.29 is 4.52 Å². The molecule has 0 amide bonds. The van der Waals surface area contributed by atoms with Crippen LogP contribution in [-0.2, 0) is 13.1 Å². The molecule has 0 bridgehead atoms. The molecule has 4 heteroatoms. The Balaban J connectivity index is 1.85. The Kier molecular flexibility index (Phi) is 2.80. The normalized spacial score (nSPS) is 19.1. The Labute approximate surface area is 105 Å². The number of nitrogens with zero attached hydrogens (tertiary/aromatic N) is 1. The first kappa shape index (κ1) is 11.3. The average Bonchev–Trinajstić information content (AvgIpc) is 2.91. The zero-order valence-corrected chi connectivity index (χ0v) is 10.3. The lowest BCUT2D eigenvalue weighted by Gasteiger charge is -2.23. The fourth-order valence-electron chi connectivity index (χ4n) is 2.70. The minimum absolute atomic E-state index is 0.223. The second kappa shape index (κ2) is 4.46. The van der Waals surface area contributed by atoms with Crippen molar-refractivity contribution in [3.05, 3.63) is 57.6 Å². The van der Waals surface area contributed by atoms with Crippen LogP contribution in [0.1, 0.15) is 36.2 Å². The lowest BCUT2D eigenvalue weighted by atomic mass is 10.1. The van der Waals surface area contributed by atoms with Crippen LogP contribution in [0.5, 0.6) is 0 Å². The smallest absolute Gasteiger partial charge is 0.338 e. The maximum Gasteiger partial charge on any atom is 0.362 e. The number of H-pyrrole nitrogens is 1. The second-order valence-electron chi connectivity index (χ2n) is 4.70. The maximum absolute atomic E-state index is 11.5. The summed E-state index contributed by atoms with van der Waals surface area (Å²) in [5.74, 6) is 0. The zero-order chi connectivity index (χ0) is 12.5. The molecule has 18 heavy (non-hydrogen) atoms. The van der Waals surface area contributed by atoms with E-state index in [1.807, 2.05) is 18.2 Å². The Bertz CT molecular complexity index is 585. The number of hydrogen-bond donors (Lipinski definition) is 1. The molecule has 4 nitrogen and oxygen atoms in total. The van der Waals surface area contributed by atoms with Crippen LogP contribution in [0.25, 0.3) is 0 Å². The predicted molar refractivity (Wildman–Crippen MR) is 68.0 cm³/mol. The minimum atomic E-state index is -0.223. The standard InChI is InChI=1S/C14H16N2O2/c1-2-12-13-11(14(17)18-15-13)9-16(12)8-10-6-4-3-5-7-10/h3-7,12,15H,2,8-9H2,1H3. The molecule has 0 aliphatic carbocycles. The fourth-order valence-corrected chi connectivity index (χ4v) is 2.70. The van der Waals surface area contributed by atoms with E-state index in [0.717, 1.165) is 24.2 Å². The van der Waals surface area contributed by atoms with Gasteiger partial charge in [-0.2, -0.15) is 0 Å². The average molecular weight is 244 g/mol. The molecule has 1 aromatic heterocycles. The number of hydrogen-bond acceptors (Lipinski definition) is 3. The van der Waals surface area contributed by atoms with Crippen molar-refractivity contribution in [3.63, 3.8) is 0 Å². The van der Waals surface area contributed by atoms with Crippen LogP contribution < -0.4 is 5.63 Å².